The molecule has 0 unspecified atom stereocenters. The SMILES string of the molecule is CCCCCCCCCc1cc2ccccc2c(C=O)c1CCCCCCCCC. The Morgan fingerprint density at radius 3 is 1.80 bits per heavy atom. The van der Waals surface area contributed by atoms with E-state index < -0.39 is 0 Å². The van der Waals surface area contributed by atoms with Crippen LogP contribution in [-0.2, 0) is 12.8 Å². The topological polar surface area (TPSA) is 17.1 Å². The molecular weight excluding hydrogens is 364 g/mol. The first-order chi connectivity index (χ1) is 14.8. The summed E-state index contributed by atoms with van der Waals surface area (Å²) in [6, 6.07) is 10.8. The van der Waals surface area contributed by atoms with Crippen molar-refractivity contribution in [2.75, 3.05) is 0 Å². The average molecular weight is 409 g/mol. The van der Waals surface area contributed by atoms with Gasteiger partial charge in [0.1, 0.15) is 0 Å². The van der Waals surface area contributed by atoms with Crippen LogP contribution in [0.25, 0.3) is 10.8 Å². The van der Waals surface area contributed by atoms with Gasteiger partial charge in [0.2, 0.25) is 0 Å². The lowest BCUT2D eigenvalue weighted by Crippen LogP contribution is -2.02. The lowest BCUT2D eigenvalue weighted by Gasteiger charge is -2.15. The van der Waals surface area contributed by atoms with Crippen LogP contribution in [0.2, 0.25) is 0 Å². The largest absolute Gasteiger partial charge is 0.298 e. The number of aryl methyl sites for hydroxylation is 1. The highest BCUT2D eigenvalue weighted by Gasteiger charge is 2.13. The van der Waals surface area contributed by atoms with Crippen molar-refractivity contribution in [2.45, 2.75) is 117 Å². The fourth-order valence-electron chi connectivity index (χ4n) is 4.66. The summed E-state index contributed by atoms with van der Waals surface area (Å²) in [5, 5.41) is 2.36. The lowest BCUT2D eigenvalue weighted by atomic mass is 9.89. The summed E-state index contributed by atoms with van der Waals surface area (Å²) >= 11 is 0. The Morgan fingerprint density at radius 1 is 0.667 bits per heavy atom. The van der Waals surface area contributed by atoms with E-state index in [1.165, 1.54) is 106 Å². The molecule has 1 nitrogen and oxygen atoms in total. The van der Waals surface area contributed by atoms with Gasteiger partial charge in [-0.2, -0.15) is 0 Å². The molecule has 0 saturated carbocycles. The molecule has 0 aromatic heterocycles. The molecule has 0 heterocycles. The molecule has 1 heteroatoms. The first-order valence-corrected chi connectivity index (χ1v) is 12.8. The normalized spacial score (nSPS) is 11.3. The third-order valence-electron chi connectivity index (χ3n) is 6.49. The van der Waals surface area contributed by atoms with E-state index in [0.29, 0.717) is 0 Å². The summed E-state index contributed by atoms with van der Waals surface area (Å²) in [5.41, 5.74) is 3.72. The Bertz CT molecular complexity index is 730. The van der Waals surface area contributed by atoms with E-state index in [1.54, 1.807) is 0 Å². The average Bonchev–Trinajstić information content (AvgIpc) is 2.77. The molecule has 0 fully saturated rings. The number of fused-ring (bicyclic) bond motifs is 1. The maximum atomic E-state index is 12.1. The lowest BCUT2D eigenvalue weighted by molar-refractivity contribution is 0.112. The second-order valence-electron chi connectivity index (χ2n) is 9.01. The third kappa shape index (κ3) is 8.25. The van der Waals surface area contributed by atoms with Crippen LogP contribution < -0.4 is 0 Å². The maximum absolute atomic E-state index is 12.1. The Morgan fingerprint density at radius 2 is 1.20 bits per heavy atom. The molecule has 0 radical (unpaired) electrons. The van der Waals surface area contributed by atoms with Crippen molar-refractivity contribution in [3.05, 3.63) is 47.0 Å². The number of carbonyl (C=O) groups excluding carboxylic acids is 1. The number of carbonyl (C=O) groups is 1. The number of unbranched alkanes of at least 4 members (excludes halogenated alkanes) is 12. The minimum absolute atomic E-state index is 0.956. The predicted molar refractivity (Wildman–Crippen MR) is 133 cm³/mol. The van der Waals surface area contributed by atoms with Gasteiger partial charge in [-0.1, -0.05) is 121 Å². The van der Waals surface area contributed by atoms with Crippen LogP contribution in [0.3, 0.4) is 0 Å². The van der Waals surface area contributed by atoms with Crippen molar-refractivity contribution in [3.63, 3.8) is 0 Å². The fourth-order valence-corrected chi connectivity index (χ4v) is 4.66. The smallest absolute Gasteiger partial charge is 0.150 e. The maximum Gasteiger partial charge on any atom is 0.150 e. The van der Waals surface area contributed by atoms with E-state index in [4.69, 9.17) is 0 Å². The molecule has 0 aliphatic carbocycles. The Hall–Kier alpha value is -1.63. The van der Waals surface area contributed by atoms with E-state index in [-0.39, 0.29) is 0 Å². The van der Waals surface area contributed by atoms with Gasteiger partial charge in [-0.05, 0) is 47.6 Å². The van der Waals surface area contributed by atoms with Gasteiger partial charge in [0.15, 0.2) is 6.29 Å². The highest BCUT2D eigenvalue weighted by Crippen LogP contribution is 2.28. The van der Waals surface area contributed by atoms with Crippen molar-refractivity contribution in [3.8, 4) is 0 Å². The van der Waals surface area contributed by atoms with E-state index >= 15 is 0 Å². The third-order valence-corrected chi connectivity index (χ3v) is 6.49. The standard InChI is InChI=1S/C29H44O/c1-3-5-7-9-11-13-15-19-25-23-26-20-17-18-22-28(26)29(24-30)27(25)21-16-14-12-10-8-6-4-2/h17-18,20,22-24H,3-16,19,21H2,1-2H3. The summed E-state index contributed by atoms with van der Waals surface area (Å²) in [7, 11) is 0. The molecule has 0 spiro atoms. The number of aldehydes is 1. The van der Waals surface area contributed by atoms with Gasteiger partial charge >= 0.3 is 0 Å². The highest BCUT2D eigenvalue weighted by atomic mass is 16.1. The monoisotopic (exact) mass is 408 g/mol. The first kappa shape index (κ1) is 24.6. The van der Waals surface area contributed by atoms with Gasteiger partial charge in [0.25, 0.3) is 0 Å². The second kappa shape index (κ2) is 15.2. The van der Waals surface area contributed by atoms with Crippen LogP contribution >= 0.6 is 0 Å². The van der Waals surface area contributed by atoms with Crippen molar-refractivity contribution in [1.82, 2.24) is 0 Å². The first-order valence-electron chi connectivity index (χ1n) is 12.8. The van der Waals surface area contributed by atoms with Crippen LogP contribution in [0.1, 0.15) is 125 Å². The summed E-state index contributed by atoms with van der Waals surface area (Å²) in [5.74, 6) is 0. The fraction of sp³-hybridized carbons (Fsp3) is 0.621. The van der Waals surface area contributed by atoms with Crippen LogP contribution in [-0.4, -0.2) is 6.29 Å². The summed E-state index contributed by atoms with van der Waals surface area (Å²) in [4.78, 5) is 12.1. The second-order valence-corrected chi connectivity index (χ2v) is 9.01. The van der Waals surface area contributed by atoms with E-state index in [0.717, 1.165) is 30.1 Å². The predicted octanol–water partition coefficient (Wildman–Crippen LogP) is 9.24. The van der Waals surface area contributed by atoms with Gasteiger partial charge in [-0.3, -0.25) is 4.79 Å². The van der Waals surface area contributed by atoms with Crippen LogP contribution in [0.15, 0.2) is 30.3 Å². The van der Waals surface area contributed by atoms with Crippen LogP contribution in [0.4, 0.5) is 0 Å². The molecule has 0 bridgehead atoms. The van der Waals surface area contributed by atoms with E-state index in [9.17, 15) is 4.79 Å². The Kier molecular flexibility index (Phi) is 12.5. The van der Waals surface area contributed by atoms with Crippen LogP contribution in [0.5, 0.6) is 0 Å². The molecule has 0 atom stereocenters. The molecule has 0 saturated heterocycles. The van der Waals surface area contributed by atoms with Crippen LogP contribution in [0, 0.1) is 0 Å². The van der Waals surface area contributed by atoms with Crippen molar-refractivity contribution in [1.29, 1.82) is 0 Å². The van der Waals surface area contributed by atoms with Gasteiger partial charge in [0, 0.05) is 5.56 Å². The molecule has 0 aliphatic heterocycles. The quantitative estimate of drug-likeness (QED) is 0.188. The molecule has 0 N–H and O–H groups in total. The minimum atomic E-state index is 0.956. The molecule has 30 heavy (non-hydrogen) atoms. The molecule has 0 aliphatic rings. The minimum Gasteiger partial charge on any atom is -0.298 e. The number of hydrogen-bond acceptors (Lipinski definition) is 1. The Balaban J connectivity index is 2.00. The van der Waals surface area contributed by atoms with Crippen molar-refractivity contribution < 1.29 is 4.79 Å². The summed E-state index contributed by atoms with van der Waals surface area (Å²) in [6.07, 6.45) is 21.8. The number of benzene rings is 2. The van der Waals surface area contributed by atoms with E-state index in [2.05, 4.69) is 44.2 Å². The molecule has 2 aromatic carbocycles. The van der Waals surface area contributed by atoms with E-state index in [1.807, 2.05) is 0 Å². The van der Waals surface area contributed by atoms with Gasteiger partial charge in [-0.15, -0.1) is 0 Å². The zero-order chi connectivity index (χ0) is 21.4. The van der Waals surface area contributed by atoms with Gasteiger partial charge in [-0.25, -0.2) is 0 Å². The highest BCUT2D eigenvalue weighted by molar-refractivity contribution is 6.00. The van der Waals surface area contributed by atoms with Gasteiger partial charge in [0.05, 0.1) is 0 Å². The molecular formula is C29H44O. The van der Waals surface area contributed by atoms with Crippen molar-refractivity contribution >= 4 is 17.1 Å². The van der Waals surface area contributed by atoms with Crippen molar-refractivity contribution in [2.24, 2.45) is 0 Å². The summed E-state index contributed by atoms with van der Waals surface area (Å²) < 4.78 is 0. The number of rotatable bonds is 17. The molecule has 166 valence electrons. The molecule has 2 rings (SSSR count). The zero-order valence-electron chi connectivity index (χ0n) is 19.7. The Labute approximate surface area is 185 Å². The van der Waals surface area contributed by atoms with Gasteiger partial charge < -0.3 is 0 Å². The molecule has 2 aromatic rings. The zero-order valence-corrected chi connectivity index (χ0v) is 19.7. The summed E-state index contributed by atoms with van der Waals surface area (Å²) in [6.45, 7) is 4.55. The molecule has 0 amide bonds. The number of hydrogen-bond donors (Lipinski definition) is 0.